The first-order valence-corrected chi connectivity index (χ1v) is 15.7. The van der Waals surface area contributed by atoms with Crippen molar-refractivity contribution in [1.82, 2.24) is 4.57 Å². The fourth-order valence-corrected chi connectivity index (χ4v) is 6.76. The summed E-state index contributed by atoms with van der Waals surface area (Å²) < 4.78 is 8.05. The second-order valence-corrected chi connectivity index (χ2v) is 12.1. The van der Waals surface area contributed by atoms with Crippen LogP contribution in [0.15, 0.2) is 133 Å². The molecular formula is C42H35NO. The van der Waals surface area contributed by atoms with E-state index >= 15 is 0 Å². The van der Waals surface area contributed by atoms with Crippen LogP contribution >= 0.6 is 0 Å². The Bertz CT molecular complexity index is 2100. The first-order valence-electron chi connectivity index (χ1n) is 15.7. The zero-order valence-corrected chi connectivity index (χ0v) is 25.1. The number of ether oxygens (including phenoxy) is 1. The molecule has 0 saturated carbocycles. The van der Waals surface area contributed by atoms with Crippen molar-refractivity contribution >= 4 is 21.8 Å². The Balaban J connectivity index is 0.972. The molecule has 0 aliphatic carbocycles. The van der Waals surface area contributed by atoms with E-state index in [9.17, 15) is 0 Å². The third kappa shape index (κ3) is 4.97. The van der Waals surface area contributed by atoms with Crippen molar-refractivity contribution in [1.29, 1.82) is 0 Å². The van der Waals surface area contributed by atoms with E-state index in [1.807, 2.05) is 0 Å². The summed E-state index contributed by atoms with van der Waals surface area (Å²) in [6, 6.07) is 49.2. The molecule has 0 radical (unpaired) electrons. The summed E-state index contributed by atoms with van der Waals surface area (Å²) >= 11 is 0. The van der Waals surface area contributed by atoms with Crippen molar-refractivity contribution in [3.05, 3.63) is 156 Å². The molecule has 0 N–H and O–H groups in total. The highest BCUT2D eigenvalue weighted by molar-refractivity contribution is 6.10. The lowest BCUT2D eigenvalue weighted by Gasteiger charge is -2.09. The van der Waals surface area contributed by atoms with Crippen LogP contribution in [0.4, 0.5) is 0 Å². The van der Waals surface area contributed by atoms with E-state index in [4.69, 9.17) is 4.74 Å². The van der Waals surface area contributed by atoms with Gasteiger partial charge in [0, 0.05) is 22.9 Å². The maximum atomic E-state index is 5.67. The smallest absolute Gasteiger partial charge is 0.122 e. The van der Waals surface area contributed by atoms with Crippen LogP contribution in [0.1, 0.15) is 28.7 Å². The Labute approximate surface area is 259 Å². The molecule has 1 aliphatic rings. The second kappa shape index (κ2) is 11.2. The molecule has 6 aromatic carbocycles. The molecule has 2 heterocycles. The fourth-order valence-electron chi connectivity index (χ4n) is 6.76. The molecule has 0 saturated heterocycles. The largest absolute Gasteiger partial charge is 0.493 e. The first-order chi connectivity index (χ1) is 21.7. The number of para-hydroxylation sites is 1. The van der Waals surface area contributed by atoms with E-state index in [1.165, 1.54) is 72.0 Å². The highest BCUT2D eigenvalue weighted by atomic mass is 16.5. The molecule has 1 aromatic heterocycles. The topological polar surface area (TPSA) is 14.2 Å². The van der Waals surface area contributed by atoms with Gasteiger partial charge in [0.1, 0.15) is 5.75 Å². The molecule has 8 rings (SSSR count). The molecule has 0 amide bonds. The Morgan fingerprint density at radius 3 is 1.86 bits per heavy atom. The molecule has 2 nitrogen and oxygen atoms in total. The van der Waals surface area contributed by atoms with Gasteiger partial charge in [-0.05, 0) is 114 Å². The summed E-state index contributed by atoms with van der Waals surface area (Å²) in [5.41, 5.74) is 14.1. The number of hydrogen-bond acceptors (Lipinski definition) is 1. The Morgan fingerprint density at radius 2 is 1.16 bits per heavy atom. The van der Waals surface area contributed by atoms with Crippen molar-refractivity contribution in [3.8, 4) is 33.7 Å². The molecule has 0 fully saturated rings. The quantitative estimate of drug-likeness (QED) is 0.186. The minimum Gasteiger partial charge on any atom is -0.493 e. The number of aromatic nitrogens is 1. The zero-order valence-electron chi connectivity index (χ0n) is 25.1. The van der Waals surface area contributed by atoms with Gasteiger partial charge in [0.2, 0.25) is 0 Å². The van der Waals surface area contributed by atoms with Gasteiger partial charge in [0.25, 0.3) is 0 Å². The number of fused-ring (bicyclic) bond motifs is 4. The van der Waals surface area contributed by atoms with Crippen LogP contribution in [0.25, 0.3) is 49.7 Å². The van der Waals surface area contributed by atoms with Gasteiger partial charge < -0.3 is 9.30 Å². The maximum Gasteiger partial charge on any atom is 0.122 e. The summed E-state index contributed by atoms with van der Waals surface area (Å²) in [7, 11) is 0. The molecule has 2 heteroatoms. The standard InChI is InChI=1S/C42H35NO/c1-29-10-21-40-38(26-29)39-28-35(19-22-41(39)43(40)37-8-3-2-4-9-37)33-17-13-31(14-18-33)7-5-6-30-11-15-32(16-12-30)34-20-23-42-36(27-34)24-25-44-42/h2-4,8-23,26-28H,5-7,24-25H2,1H3. The Kier molecular flexibility index (Phi) is 6.76. The zero-order chi connectivity index (χ0) is 29.5. The van der Waals surface area contributed by atoms with Crippen LogP contribution in [0, 0.1) is 6.92 Å². The third-order valence-electron chi connectivity index (χ3n) is 9.13. The highest BCUT2D eigenvalue weighted by Gasteiger charge is 2.14. The predicted octanol–water partition coefficient (Wildman–Crippen LogP) is 10.5. The van der Waals surface area contributed by atoms with E-state index in [2.05, 4.69) is 145 Å². The lowest BCUT2D eigenvalue weighted by molar-refractivity contribution is 0.357. The fraction of sp³-hybridized carbons (Fsp3) is 0.143. The maximum absolute atomic E-state index is 5.67. The first kappa shape index (κ1) is 26.5. The van der Waals surface area contributed by atoms with Gasteiger partial charge in [-0.25, -0.2) is 0 Å². The minimum atomic E-state index is 0.803. The van der Waals surface area contributed by atoms with Crippen molar-refractivity contribution in [2.45, 2.75) is 32.6 Å². The Hall–Kier alpha value is -5.08. The van der Waals surface area contributed by atoms with Crippen LogP contribution < -0.4 is 4.74 Å². The summed E-state index contributed by atoms with van der Waals surface area (Å²) in [4.78, 5) is 0. The van der Waals surface area contributed by atoms with Crippen LogP contribution in [-0.2, 0) is 19.3 Å². The van der Waals surface area contributed by atoms with Gasteiger partial charge in [-0.15, -0.1) is 0 Å². The molecule has 1 aliphatic heterocycles. The van der Waals surface area contributed by atoms with Crippen molar-refractivity contribution in [2.24, 2.45) is 0 Å². The number of rotatable bonds is 7. The van der Waals surface area contributed by atoms with Crippen molar-refractivity contribution in [2.75, 3.05) is 6.61 Å². The number of aryl methyl sites for hydroxylation is 3. The third-order valence-corrected chi connectivity index (χ3v) is 9.13. The molecule has 214 valence electrons. The molecule has 7 aromatic rings. The number of hydrogen-bond donors (Lipinski definition) is 0. The second-order valence-electron chi connectivity index (χ2n) is 12.1. The lowest BCUT2D eigenvalue weighted by atomic mass is 9.97. The van der Waals surface area contributed by atoms with Crippen LogP contribution in [0.3, 0.4) is 0 Å². The van der Waals surface area contributed by atoms with Gasteiger partial charge in [-0.1, -0.05) is 90.5 Å². The van der Waals surface area contributed by atoms with Gasteiger partial charge in [-0.3, -0.25) is 0 Å². The highest BCUT2D eigenvalue weighted by Crippen LogP contribution is 2.36. The van der Waals surface area contributed by atoms with Crippen LogP contribution in [0.5, 0.6) is 5.75 Å². The summed E-state index contributed by atoms with van der Waals surface area (Å²) in [6.07, 6.45) is 4.31. The summed E-state index contributed by atoms with van der Waals surface area (Å²) in [6.45, 7) is 2.98. The van der Waals surface area contributed by atoms with Crippen molar-refractivity contribution < 1.29 is 4.74 Å². The average molecular weight is 570 g/mol. The van der Waals surface area contributed by atoms with Crippen molar-refractivity contribution in [3.63, 3.8) is 0 Å². The number of benzene rings is 6. The lowest BCUT2D eigenvalue weighted by Crippen LogP contribution is -1.93. The van der Waals surface area contributed by atoms with Gasteiger partial charge in [0.15, 0.2) is 0 Å². The van der Waals surface area contributed by atoms with E-state index in [0.717, 1.165) is 38.0 Å². The summed E-state index contributed by atoms with van der Waals surface area (Å²) in [5.74, 6) is 1.04. The predicted molar refractivity (Wildman–Crippen MR) is 184 cm³/mol. The molecular weight excluding hydrogens is 534 g/mol. The van der Waals surface area contributed by atoms with Crippen LogP contribution in [-0.4, -0.2) is 11.2 Å². The molecule has 44 heavy (non-hydrogen) atoms. The molecule has 0 atom stereocenters. The van der Waals surface area contributed by atoms with Gasteiger partial charge >= 0.3 is 0 Å². The molecule has 0 spiro atoms. The summed E-state index contributed by atoms with van der Waals surface area (Å²) in [5, 5.41) is 2.60. The Morgan fingerprint density at radius 1 is 0.568 bits per heavy atom. The average Bonchev–Trinajstić information content (AvgIpc) is 3.67. The number of nitrogens with zero attached hydrogens (tertiary/aromatic N) is 1. The van der Waals surface area contributed by atoms with Gasteiger partial charge in [-0.2, -0.15) is 0 Å². The van der Waals surface area contributed by atoms with E-state index in [-0.39, 0.29) is 0 Å². The minimum absolute atomic E-state index is 0.803. The van der Waals surface area contributed by atoms with E-state index in [1.54, 1.807) is 0 Å². The van der Waals surface area contributed by atoms with Gasteiger partial charge in [0.05, 0.1) is 17.6 Å². The van der Waals surface area contributed by atoms with Crippen LogP contribution in [0.2, 0.25) is 0 Å². The van der Waals surface area contributed by atoms with E-state index in [0.29, 0.717) is 0 Å². The SMILES string of the molecule is Cc1ccc2c(c1)c1cc(-c3ccc(CCCc4ccc(-c5ccc6c(c5)CCO6)cc4)cc3)ccc1n2-c1ccccc1. The molecule has 0 unspecified atom stereocenters. The molecule has 0 bridgehead atoms. The van der Waals surface area contributed by atoms with E-state index < -0.39 is 0 Å². The monoisotopic (exact) mass is 569 g/mol. The normalized spacial score (nSPS) is 12.5.